The summed E-state index contributed by atoms with van der Waals surface area (Å²) < 4.78 is 53.0. The number of pyridine rings is 1. The number of hydrogen-bond acceptors (Lipinski definition) is 8. The molecule has 1 unspecified atom stereocenters. The average molecular weight is 698 g/mol. The van der Waals surface area contributed by atoms with E-state index in [1.165, 1.54) is 16.2 Å². The number of aromatic nitrogens is 2. The lowest BCUT2D eigenvalue weighted by atomic mass is 9.85. The minimum atomic E-state index is -4.56. The number of likely N-dealkylation sites (tertiary alicyclic amines) is 1. The third kappa shape index (κ3) is 7.61. The predicted molar refractivity (Wildman–Crippen MR) is 185 cm³/mol. The molecule has 4 aromatic rings. The summed E-state index contributed by atoms with van der Waals surface area (Å²) in [5, 5.41) is 6.48. The molecule has 0 aliphatic carbocycles. The minimum Gasteiger partial charge on any atom is -0.496 e. The van der Waals surface area contributed by atoms with Crippen molar-refractivity contribution in [1.29, 1.82) is 0 Å². The maximum Gasteiger partial charge on any atom is 0.416 e. The molecule has 3 N–H and O–H groups in total. The normalized spacial score (nSPS) is 17.4. The Kier molecular flexibility index (Phi) is 9.89. The summed E-state index contributed by atoms with van der Waals surface area (Å²) in [4.78, 5) is 38.1. The van der Waals surface area contributed by atoms with Crippen LogP contribution in [0.5, 0.6) is 11.5 Å². The number of primary amides is 1. The summed E-state index contributed by atoms with van der Waals surface area (Å²) in [6, 6.07) is 7.11. The van der Waals surface area contributed by atoms with Gasteiger partial charge in [0, 0.05) is 34.5 Å². The van der Waals surface area contributed by atoms with E-state index in [1.807, 2.05) is 30.5 Å². The molecule has 1 saturated heterocycles. The number of aryl methyl sites for hydroxylation is 2. The molecule has 3 heterocycles. The summed E-state index contributed by atoms with van der Waals surface area (Å²) in [6.07, 6.45) is -5.05. The Morgan fingerprint density at radius 3 is 2.37 bits per heavy atom. The van der Waals surface area contributed by atoms with Gasteiger partial charge in [-0.3, -0.25) is 9.59 Å². The molecule has 13 heteroatoms. The van der Waals surface area contributed by atoms with Gasteiger partial charge in [0.15, 0.2) is 0 Å². The number of ether oxygens (including phenoxy) is 2. The van der Waals surface area contributed by atoms with E-state index < -0.39 is 47.2 Å². The van der Waals surface area contributed by atoms with Crippen LogP contribution in [-0.2, 0) is 15.8 Å². The Hall–Kier alpha value is -4.39. The van der Waals surface area contributed by atoms with Crippen LogP contribution in [0.4, 0.5) is 18.9 Å². The minimum absolute atomic E-state index is 0.0331. The summed E-state index contributed by atoms with van der Waals surface area (Å²) in [5.74, 6) is 0.224. The highest BCUT2D eigenvalue weighted by atomic mass is 32.1. The number of benzene rings is 2. The van der Waals surface area contributed by atoms with E-state index in [0.717, 1.165) is 33.8 Å². The highest BCUT2D eigenvalue weighted by molar-refractivity contribution is 7.13. The number of fused-ring (bicyclic) bond motifs is 1. The molecule has 5 rings (SSSR count). The number of nitrogens with two attached hydrogens (primary N) is 1. The van der Waals surface area contributed by atoms with Crippen LogP contribution in [0.1, 0.15) is 69.3 Å². The zero-order chi connectivity index (χ0) is 36.0. The Labute approximate surface area is 288 Å². The number of nitrogens with zero attached hydrogens (tertiary/aromatic N) is 3. The lowest BCUT2D eigenvalue weighted by Gasteiger charge is -2.35. The SMILES string of the molecule is COc1ccc2c(OC3C[C@@H](C(N)=O)N(C(=O)[C@@H](Nc4cc(C)cc(C(F)(F)F)c4)C(C)(C)C)C3)cc(-c3nc(C(C)C)cs3)nc2c1C. The van der Waals surface area contributed by atoms with E-state index in [1.54, 1.807) is 40.9 Å². The fraction of sp³-hybridized carbons (Fsp3) is 0.444. The average Bonchev–Trinajstić information content (AvgIpc) is 3.67. The first-order valence-electron chi connectivity index (χ1n) is 16.0. The second kappa shape index (κ2) is 13.5. The van der Waals surface area contributed by atoms with Crippen LogP contribution in [0.2, 0.25) is 0 Å². The number of hydrogen-bond donors (Lipinski definition) is 2. The highest BCUT2D eigenvalue weighted by Crippen LogP contribution is 2.39. The third-order valence-electron chi connectivity index (χ3n) is 8.70. The molecule has 262 valence electrons. The second-order valence-corrected chi connectivity index (χ2v) is 14.8. The first-order chi connectivity index (χ1) is 22.9. The fourth-order valence-corrected chi connectivity index (χ4v) is 7.00. The van der Waals surface area contributed by atoms with Crippen molar-refractivity contribution in [2.75, 3.05) is 19.0 Å². The molecular formula is C36H42F3N5O4S. The summed E-state index contributed by atoms with van der Waals surface area (Å²) in [7, 11) is 1.59. The fourth-order valence-electron chi connectivity index (χ4n) is 6.06. The van der Waals surface area contributed by atoms with Crippen LogP contribution in [0.15, 0.2) is 41.8 Å². The Morgan fingerprint density at radius 2 is 1.78 bits per heavy atom. The van der Waals surface area contributed by atoms with E-state index in [0.29, 0.717) is 28.3 Å². The standard InChI is InChI=1S/C36H42F3N5O4S/c1-18(2)26-17-49-33(43-26)25-15-29(24-9-10-28(47-8)20(4)30(24)42-25)48-23-14-27(32(40)45)44(16-23)34(46)31(35(5,6)7)41-22-12-19(3)11-21(13-22)36(37,38)39/h9-13,15,17-18,23,27,31,41H,14,16H2,1-8H3,(H2,40,45)/t23?,27-,31+/m0/s1. The van der Waals surface area contributed by atoms with Gasteiger partial charge < -0.3 is 25.4 Å². The molecule has 0 saturated carbocycles. The van der Waals surface area contributed by atoms with Crippen molar-refractivity contribution in [3.05, 3.63) is 64.2 Å². The number of halogens is 3. The van der Waals surface area contributed by atoms with Gasteiger partial charge in [-0.2, -0.15) is 13.2 Å². The van der Waals surface area contributed by atoms with Crippen molar-refractivity contribution in [3.8, 4) is 22.2 Å². The van der Waals surface area contributed by atoms with E-state index in [2.05, 4.69) is 19.2 Å². The number of carbonyl (C=O) groups excluding carboxylic acids is 2. The zero-order valence-electron chi connectivity index (χ0n) is 28.9. The van der Waals surface area contributed by atoms with Crippen LogP contribution >= 0.6 is 11.3 Å². The molecule has 1 aliphatic rings. The van der Waals surface area contributed by atoms with Crippen LogP contribution in [0.25, 0.3) is 21.6 Å². The molecular weight excluding hydrogens is 655 g/mol. The molecule has 2 aromatic heterocycles. The molecule has 2 amide bonds. The van der Waals surface area contributed by atoms with Crippen molar-refractivity contribution in [3.63, 3.8) is 0 Å². The van der Waals surface area contributed by atoms with Crippen LogP contribution in [0.3, 0.4) is 0 Å². The van der Waals surface area contributed by atoms with E-state index in [-0.39, 0.29) is 24.6 Å². The second-order valence-electron chi connectivity index (χ2n) is 13.9. The van der Waals surface area contributed by atoms with Gasteiger partial charge in [0.1, 0.15) is 40.4 Å². The topological polar surface area (TPSA) is 120 Å². The Balaban J connectivity index is 1.49. The van der Waals surface area contributed by atoms with Crippen molar-refractivity contribution in [1.82, 2.24) is 14.9 Å². The molecule has 1 aliphatic heterocycles. The van der Waals surface area contributed by atoms with Crippen LogP contribution in [0, 0.1) is 19.3 Å². The van der Waals surface area contributed by atoms with E-state index in [4.69, 9.17) is 25.2 Å². The van der Waals surface area contributed by atoms with Gasteiger partial charge in [0.25, 0.3) is 0 Å². The number of alkyl halides is 3. The predicted octanol–water partition coefficient (Wildman–Crippen LogP) is 7.49. The number of carbonyl (C=O) groups is 2. The number of nitrogens with one attached hydrogen (secondary N) is 1. The highest BCUT2D eigenvalue weighted by Gasteiger charge is 2.45. The smallest absolute Gasteiger partial charge is 0.416 e. The zero-order valence-corrected chi connectivity index (χ0v) is 29.7. The van der Waals surface area contributed by atoms with Gasteiger partial charge in [0.2, 0.25) is 11.8 Å². The maximum atomic E-state index is 14.2. The number of thiazole rings is 1. The molecule has 0 radical (unpaired) electrons. The number of anilines is 1. The Morgan fingerprint density at radius 1 is 1.06 bits per heavy atom. The number of amides is 2. The van der Waals surface area contributed by atoms with Crippen LogP contribution in [-0.4, -0.2) is 58.5 Å². The van der Waals surface area contributed by atoms with Crippen molar-refractivity contribution in [2.24, 2.45) is 11.1 Å². The molecule has 2 aromatic carbocycles. The lowest BCUT2D eigenvalue weighted by molar-refractivity contribution is -0.139. The van der Waals surface area contributed by atoms with Crippen molar-refractivity contribution < 1.29 is 32.2 Å². The van der Waals surface area contributed by atoms with Gasteiger partial charge in [0.05, 0.1) is 30.4 Å². The molecule has 1 fully saturated rings. The van der Waals surface area contributed by atoms with Gasteiger partial charge in [-0.05, 0) is 61.1 Å². The molecule has 0 bridgehead atoms. The number of rotatable bonds is 9. The van der Waals surface area contributed by atoms with Crippen LogP contribution < -0.4 is 20.5 Å². The quantitative estimate of drug-likeness (QED) is 0.186. The third-order valence-corrected chi connectivity index (χ3v) is 9.58. The maximum absolute atomic E-state index is 14.2. The van der Waals surface area contributed by atoms with Crippen molar-refractivity contribution >= 4 is 39.7 Å². The van der Waals surface area contributed by atoms with Gasteiger partial charge in [-0.1, -0.05) is 34.6 Å². The summed E-state index contributed by atoms with van der Waals surface area (Å²) in [6.45, 7) is 13.0. The lowest BCUT2D eigenvalue weighted by Crippen LogP contribution is -2.53. The van der Waals surface area contributed by atoms with E-state index in [9.17, 15) is 22.8 Å². The Bertz CT molecular complexity index is 1880. The largest absolute Gasteiger partial charge is 0.496 e. The van der Waals surface area contributed by atoms with Gasteiger partial charge in [-0.25, -0.2) is 9.97 Å². The van der Waals surface area contributed by atoms with Gasteiger partial charge >= 0.3 is 6.18 Å². The first-order valence-corrected chi connectivity index (χ1v) is 16.9. The monoisotopic (exact) mass is 697 g/mol. The molecule has 3 atom stereocenters. The number of methoxy groups -OCH3 is 1. The summed E-state index contributed by atoms with van der Waals surface area (Å²) in [5.41, 5.74) is 7.83. The van der Waals surface area contributed by atoms with Gasteiger partial charge in [-0.15, -0.1) is 11.3 Å². The first kappa shape index (κ1) is 35.9. The molecule has 49 heavy (non-hydrogen) atoms. The molecule has 0 spiro atoms. The van der Waals surface area contributed by atoms with E-state index >= 15 is 0 Å². The van der Waals surface area contributed by atoms with Crippen molar-refractivity contribution in [2.45, 2.75) is 85.2 Å². The summed E-state index contributed by atoms with van der Waals surface area (Å²) >= 11 is 1.48. The molecule has 9 nitrogen and oxygen atoms in total.